The molecule has 0 aliphatic heterocycles. The van der Waals surface area contributed by atoms with E-state index in [-0.39, 0.29) is 16.5 Å². The third-order valence-electron chi connectivity index (χ3n) is 4.87. The van der Waals surface area contributed by atoms with E-state index in [4.69, 9.17) is 0 Å². The lowest BCUT2D eigenvalue weighted by Gasteiger charge is -2.16. The van der Waals surface area contributed by atoms with Crippen molar-refractivity contribution in [3.8, 4) is 0 Å². The number of aryl methyl sites for hydroxylation is 1. The number of benzene rings is 1. The Morgan fingerprint density at radius 2 is 1.93 bits per heavy atom. The standard InChI is InChI=1S/C19H28N2O5S/c1-3-4-9-16(19(23)24)20-18(22)14-11-10-13(2)17(12-14)27(25,26)21-15-7-5-6-8-15/h10-12,15-16,21H,3-9H2,1-2H3,(H,20,22)(H,23,24)/t16-/m0/s1. The van der Waals surface area contributed by atoms with Gasteiger partial charge < -0.3 is 10.4 Å². The predicted octanol–water partition coefficient (Wildman–Crippen LogP) is 2.59. The summed E-state index contributed by atoms with van der Waals surface area (Å²) < 4.78 is 28.1. The quantitative estimate of drug-likeness (QED) is 0.594. The van der Waals surface area contributed by atoms with E-state index in [1.165, 1.54) is 12.1 Å². The Labute approximate surface area is 160 Å². The van der Waals surface area contributed by atoms with Gasteiger partial charge in [0.15, 0.2) is 0 Å². The van der Waals surface area contributed by atoms with E-state index in [0.717, 1.165) is 32.1 Å². The molecule has 150 valence electrons. The Bertz CT molecular complexity index is 785. The molecular weight excluding hydrogens is 368 g/mol. The number of carboxylic acids is 1. The summed E-state index contributed by atoms with van der Waals surface area (Å²) in [5.74, 6) is -1.68. The average molecular weight is 397 g/mol. The summed E-state index contributed by atoms with van der Waals surface area (Å²) in [4.78, 5) is 23.9. The number of carbonyl (C=O) groups is 2. The molecule has 1 aliphatic carbocycles. The molecule has 0 saturated heterocycles. The second-order valence-corrected chi connectivity index (χ2v) is 8.77. The normalized spacial score (nSPS) is 16.2. The third kappa shape index (κ3) is 5.77. The molecule has 0 spiro atoms. The Hall–Kier alpha value is -1.93. The zero-order valence-corrected chi connectivity index (χ0v) is 16.6. The highest BCUT2D eigenvalue weighted by Crippen LogP contribution is 2.22. The van der Waals surface area contributed by atoms with E-state index < -0.39 is 27.9 Å². The fourth-order valence-electron chi connectivity index (χ4n) is 3.26. The zero-order chi connectivity index (χ0) is 20.0. The Morgan fingerprint density at radius 1 is 1.26 bits per heavy atom. The number of carbonyl (C=O) groups excluding carboxylic acids is 1. The van der Waals surface area contributed by atoms with Crippen molar-refractivity contribution in [3.05, 3.63) is 29.3 Å². The summed E-state index contributed by atoms with van der Waals surface area (Å²) in [6.45, 7) is 3.61. The lowest BCUT2D eigenvalue weighted by molar-refractivity contribution is -0.139. The topological polar surface area (TPSA) is 113 Å². The number of nitrogens with one attached hydrogen (secondary N) is 2. The van der Waals surface area contributed by atoms with Crippen LogP contribution in [0.1, 0.15) is 67.8 Å². The maximum Gasteiger partial charge on any atom is 0.326 e. The van der Waals surface area contributed by atoms with Gasteiger partial charge >= 0.3 is 5.97 Å². The molecule has 1 aromatic rings. The van der Waals surface area contributed by atoms with Crippen molar-refractivity contribution in [1.29, 1.82) is 0 Å². The number of amides is 1. The van der Waals surface area contributed by atoms with E-state index >= 15 is 0 Å². The van der Waals surface area contributed by atoms with Gasteiger partial charge in [0.05, 0.1) is 4.90 Å². The summed E-state index contributed by atoms with van der Waals surface area (Å²) in [6, 6.07) is 3.34. The van der Waals surface area contributed by atoms with Crippen molar-refractivity contribution < 1.29 is 23.1 Å². The van der Waals surface area contributed by atoms with Crippen LogP contribution >= 0.6 is 0 Å². The maximum absolute atomic E-state index is 12.7. The van der Waals surface area contributed by atoms with Gasteiger partial charge in [0, 0.05) is 11.6 Å². The van der Waals surface area contributed by atoms with Crippen LogP contribution in [0.25, 0.3) is 0 Å². The van der Waals surface area contributed by atoms with Gasteiger partial charge in [-0.2, -0.15) is 0 Å². The third-order valence-corrected chi connectivity index (χ3v) is 6.53. The van der Waals surface area contributed by atoms with Gasteiger partial charge in [-0.15, -0.1) is 0 Å². The first-order valence-electron chi connectivity index (χ1n) is 9.41. The number of sulfonamides is 1. The number of aliphatic carboxylic acids is 1. The average Bonchev–Trinajstić information content (AvgIpc) is 3.10. The monoisotopic (exact) mass is 396 g/mol. The van der Waals surface area contributed by atoms with Crippen LogP contribution < -0.4 is 10.0 Å². The number of hydrogen-bond donors (Lipinski definition) is 3. The van der Waals surface area contributed by atoms with Crippen molar-refractivity contribution in [2.24, 2.45) is 0 Å². The Balaban J connectivity index is 2.19. The zero-order valence-electron chi connectivity index (χ0n) is 15.8. The summed E-state index contributed by atoms with van der Waals surface area (Å²) in [7, 11) is -3.74. The molecule has 1 atom stereocenters. The minimum Gasteiger partial charge on any atom is -0.480 e. The van der Waals surface area contributed by atoms with E-state index in [0.29, 0.717) is 18.4 Å². The fourth-order valence-corrected chi connectivity index (χ4v) is 4.84. The molecule has 3 N–H and O–H groups in total. The molecule has 0 heterocycles. The number of rotatable bonds is 9. The molecule has 0 aromatic heterocycles. The van der Waals surface area contributed by atoms with Crippen LogP contribution in [0, 0.1) is 6.92 Å². The van der Waals surface area contributed by atoms with Gasteiger partial charge in [-0.25, -0.2) is 17.9 Å². The number of unbranched alkanes of at least 4 members (excludes halogenated alkanes) is 1. The van der Waals surface area contributed by atoms with Crippen LogP contribution in [0.2, 0.25) is 0 Å². The molecule has 1 amide bonds. The van der Waals surface area contributed by atoms with Crippen LogP contribution in [0.3, 0.4) is 0 Å². The summed E-state index contributed by atoms with van der Waals surface area (Å²) >= 11 is 0. The molecule has 7 nitrogen and oxygen atoms in total. The predicted molar refractivity (Wildman–Crippen MR) is 102 cm³/mol. The molecule has 1 aliphatic rings. The summed E-state index contributed by atoms with van der Waals surface area (Å²) in [5, 5.41) is 11.7. The van der Waals surface area contributed by atoms with Crippen LogP contribution in [0.4, 0.5) is 0 Å². The van der Waals surface area contributed by atoms with E-state index in [1.807, 2.05) is 6.92 Å². The minimum atomic E-state index is -3.74. The van der Waals surface area contributed by atoms with Crippen molar-refractivity contribution >= 4 is 21.9 Å². The second kappa shape index (κ2) is 9.32. The lowest BCUT2D eigenvalue weighted by atomic mass is 10.1. The van der Waals surface area contributed by atoms with E-state index in [2.05, 4.69) is 10.0 Å². The van der Waals surface area contributed by atoms with Crippen LogP contribution in [0.5, 0.6) is 0 Å². The van der Waals surface area contributed by atoms with Gasteiger partial charge in [-0.05, 0) is 43.9 Å². The molecule has 8 heteroatoms. The van der Waals surface area contributed by atoms with Crippen LogP contribution in [-0.2, 0) is 14.8 Å². The second-order valence-electron chi connectivity index (χ2n) is 7.09. The minimum absolute atomic E-state index is 0.0579. The number of hydrogen-bond acceptors (Lipinski definition) is 4. The number of carboxylic acid groups (broad SMARTS) is 1. The van der Waals surface area contributed by atoms with Gasteiger partial charge in [0.2, 0.25) is 10.0 Å². The first-order chi connectivity index (χ1) is 12.7. The van der Waals surface area contributed by atoms with Gasteiger partial charge in [0.1, 0.15) is 6.04 Å². The SMILES string of the molecule is CCCC[C@H](NC(=O)c1ccc(C)c(S(=O)(=O)NC2CCCC2)c1)C(=O)O. The summed E-state index contributed by atoms with van der Waals surface area (Å²) in [5.41, 5.74) is 0.674. The smallest absolute Gasteiger partial charge is 0.326 e. The Kier molecular flexibility index (Phi) is 7.38. The largest absolute Gasteiger partial charge is 0.480 e. The molecule has 1 saturated carbocycles. The van der Waals surface area contributed by atoms with Crippen molar-refractivity contribution in [2.45, 2.75) is 75.8 Å². The molecule has 27 heavy (non-hydrogen) atoms. The van der Waals surface area contributed by atoms with Crippen LogP contribution in [0.15, 0.2) is 23.1 Å². The molecule has 0 bridgehead atoms. The molecule has 2 rings (SSSR count). The summed E-state index contributed by atoms with van der Waals surface area (Å²) in [6.07, 6.45) is 5.46. The Morgan fingerprint density at radius 3 is 2.52 bits per heavy atom. The van der Waals surface area contributed by atoms with Crippen molar-refractivity contribution in [3.63, 3.8) is 0 Å². The molecule has 1 aromatic carbocycles. The first kappa shape index (κ1) is 21.4. The van der Waals surface area contributed by atoms with Crippen molar-refractivity contribution in [1.82, 2.24) is 10.0 Å². The molecule has 0 radical (unpaired) electrons. The van der Waals surface area contributed by atoms with E-state index in [1.54, 1.807) is 13.0 Å². The fraction of sp³-hybridized carbons (Fsp3) is 0.579. The van der Waals surface area contributed by atoms with Crippen LogP contribution in [-0.4, -0.2) is 37.5 Å². The van der Waals surface area contributed by atoms with E-state index in [9.17, 15) is 23.1 Å². The van der Waals surface area contributed by atoms with Crippen molar-refractivity contribution in [2.75, 3.05) is 0 Å². The molecular formula is C19H28N2O5S. The first-order valence-corrected chi connectivity index (χ1v) is 10.9. The van der Waals surface area contributed by atoms with Gasteiger partial charge in [0.25, 0.3) is 5.91 Å². The maximum atomic E-state index is 12.7. The lowest BCUT2D eigenvalue weighted by Crippen LogP contribution is -2.40. The van der Waals surface area contributed by atoms with Gasteiger partial charge in [-0.3, -0.25) is 4.79 Å². The van der Waals surface area contributed by atoms with Gasteiger partial charge in [-0.1, -0.05) is 38.7 Å². The highest BCUT2D eigenvalue weighted by molar-refractivity contribution is 7.89. The molecule has 1 fully saturated rings. The highest BCUT2D eigenvalue weighted by atomic mass is 32.2. The molecule has 0 unspecified atom stereocenters. The highest BCUT2D eigenvalue weighted by Gasteiger charge is 2.26.